The molecule has 1 fully saturated rings. The molecule has 1 heterocycles. The molecule has 164 valence electrons. The van der Waals surface area contributed by atoms with Crippen LogP contribution in [0.2, 0.25) is 0 Å². The SMILES string of the molecule is Cc1cc(C2(C)CCC(F)(F)CC2)ccc1-c1ccc(C(C)(C)C(F)(F)F)c[n+]1C. The maximum absolute atomic E-state index is 13.6. The van der Waals surface area contributed by atoms with Crippen LogP contribution in [0.5, 0.6) is 0 Å². The molecule has 0 N–H and O–H groups in total. The number of benzene rings is 1. The zero-order valence-corrected chi connectivity index (χ0v) is 18.1. The fourth-order valence-electron chi connectivity index (χ4n) is 4.20. The van der Waals surface area contributed by atoms with Crippen molar-refractivity contribution in [3.63, 3.8) is 0 Å². The van der Waals surface area contributed by atoms with Crippen LogP contribution in [-0.4, -0.2) is 12.1 Å². The largest absolute Gasteiger partial charge is 0.398 e. The zero-order valence-electron chi connectivity index (χ0n) is 18.1. The lowest BCUT2D eigenvalue weighted by Gasteiger charge is -2.38. The molecule has 30 heavy (non-hydrogen) atoms. The minimum absolute atomic E-state index is 0.101. The van der Waals surface area contributed by atoms with E-state index in [-0.39, 0.29) is 23.8 Å². The number of rotatable bonds is 3. The summed E-state index contributed by atoms with van der Waals surface area (Å²) in [6, 6.07) is 9.20. The van der Waals surface area contributed by atoms with Gasteiger partial charge in [0.15, 0.2) is 6.20 Å². The number of hydrogen-bond acceptors (Lipinski definition) is 0. The maximum Gasteiger partial charge on any atom is 0.398 e. The van der Waals surface area contributed by atoms with Crippen molar-refractivity contribution in [2.24, 2.45) is 7.05 Å². The summed E-state index contributed by atoms with van der Waals surface area (Å²) in [4.78, 5) is 0. The van der Waals surface area contributed by atoms with Crippen LogP contribution >= 0.6 is 0 Å². The van der Waals surface area contributed by atoms with Gasteiger partial charge in [0.05, 0.1) is 5.41 Å². The van der Waals surface area contributed by atoms with Gasteiger partial charge in [-0.1, -0.05) is 19.1 Å². The Bertz CT molecular complexity index is 933. The van der Waals surface area contributed by atoms with E-state index < -0.39 is 17.5 Å². The fraction of sp³-hybridized carbons (Fsp3) is 0.542. The van der Waals surface area contributed by atoms with E-state index in [0.29, 0.717) is 12.8 Å². The van der Waals surface area contributed by atoms with Crippen LogP contribution in [0.15, 0.2) is 36.5 Å². The van der Waals surface area contributed by atoms with Gasteiger partial charge in [-0.2, -0.15) is 13.2 Å². The molecule has 0 saturated heterocycles. The maximum atomic E-state index is 13.6. The summed E-state index contributed by atoms with van der Waals surface area (Å²) in [7, 11) is 1.74. The average molecular weight is 426 g/mol. The number of aryl methyl sites for hydroxylation is 2. The molecule has 1 aromatic heterocycles. The van der Waals surface area contributed by atoms with Gasteiger partial charge in [0.2, 0.25) is 11.6 Å². The molecule has 0 radical (unpaired) electrons. The van der Waals surface area contributed by atoms with Crippen LogP contribution < -0.4 is 4.57 Å². The summed E-state index contributed by atoms with van der Waals surface area (Å²) in [5, 5.41) is 0. The molecular weight excluding hydrogens is 397 g/mol. The Hall–Kier alpha value is -1.98. The second-order valence-electron chi connectivity index (χ2n) is 9.48. The van der Waals surface area contributed by atoms with E-state index in [2.05, 4.69) is 0 Å². The predicted octanol–water partition coefficient (Wildman–Crippen LogP) is 6.79. The van der Waals surface area contributed by atoms with E-state index in [1.165, 1.54) is 26.1 Å². The third-order valence-electron chi connectivity index (χ3n) is 6.85. The number of pyridine rings is 1. The Labute approximate surface area is 174 Å². The van der Waals surface area contributed by atoms with Crippen molar-refractivity contribution in [1.82, 2.24) is 0 Å². The molecule has 0 amide bonds. The first-order valence-corrected chi connectivity index (χ1v) is 10.2. The second-order valence-corrected chi connectivity index (χ2v) is 9.48. The highest BCUT2D eigenvalue weighted by Gasteiger charge is 2.49. The summed E-state index contributed by atoms with van der Waals surface area (Å²) in [5.74, 6) is -2.58. The van der Waals surface area contributed by atoms with E-state index in [0.717, 1.165) is 22.4 Å². The van der Waals surface area contributed by atoms with Gasteiger partial charge in [0.25, 0.3) is 0 Å². The van der Waals surface area contributed by atoms with Crippen molar-refractivity contribution in [1.29, 1.82) is 0 Å². The Morgan fingerprint density at radius 3 is 2.03 bits per heavy atom. The molecule has 0 bridgehead atoms. The van der Waals surface area contributed by atoms with Crippen LogP contribution in [0.25, 0.3) is 11.3 Å². The molecule has 2 aromatic rings. The van der Waals surface area contributed by atoms with E-state index in [1.54, 1.807) is 17.7 Å². The number of aromatic nitrogens is 1. The van der Waals surface area contributed by atoms with Gasteiger partial charge in [0.1, 0.15) is 7.05 Å². The molecule has 0 atom stereocenters. The van der Waals surface area contributed by atoms with Crippen LogP contribution in [0.1, 0.15) is 63.1 Å². The third-order valence-corrected chi connectivity index (χ3v) is 6.85. The van der Waals surface area contributed by atoms with Crippen molar-refractivity contribution < 1.29 is 26.5 Å². The molecule has 1 saturated carbocycles. The normalized spacial score (nSPS) is 19.0. The highest BCUT2D eigenvalue weighted by molar-refractivity contribution is 5.62. The van der Waals surface area contributed by atoms with Crippen LogP contribution in [0.3, 0.4) is 0 Å². The monoisotopic (exact) mass is 426 g/mol. The third kappa shape index (κ3) is 4.10. The molecule has 6 heteroatoms. The van der Waals surface area contributed by atoms with E-state index in [4.69, 9.17) is 0 Å². The van der Waals surface area contributed by atoms with Gasteiger partial charge in [0, 0.05) is 30.0 Å². The van der Waals surface area contributed by atoms with E-state index in [1.807, 2.05) is 32.0 Å². The fourth-order valence-corrected chi connectivity index (χ4v) is 4.20. The smallest absolute Gasteiger partial charge is 0.207 e. The Morgan fingerprint density at radius 2 is 1.53 bits per heavy atom. The minimum Gasteiger partial charge on any atom is -0.207 e. The summed E-state index contributed by atoms with van der Waals surface area (Å²) in [6.45, 7) is 6.34. The summed E-state index contributed by atoms with van der Waals surface area (Å²) in [6.07, 6.45) is -2.14. The quantitative estimate of drug-likeness (QED) is 0.376. The lowest BCUT2D eigenvalue weighted by molar-refractivity contribution is -0.661. The van der Waals surface area contributed by atoms with Crippen LogP contribution in [0.4, 0.5) is 22.0 Å². The van der Waals surface area contributed by atoms with Crippen molar-refractivity contribution in [3.05, 3.63) is 53.2 Å². The highest BCUT2D eigenvalue weighted by Crippen LogP contribution is 2.46. The zero-order chi connectivity index (χ0) is 22.5. The molecule has 1 aliphatic rings. The second kappa shape index (κ2) is 7.31. The molecule has 0 aliphatic heterocycles. The highest BCUT2D eigenvalue weighted by atomic mass is 19.4. The Balaban J connectivity index is 1.93. The lowest BCUT2D eigenvalue weighted by atomic mass is 9.69. The summed E-state index contributed by atoms with van der Waals surface area (Å²) in [5.41, 5.74) is 1.71. The Kier molecular flexibility index (Phi) is 5.53. The first kappa shape index (κ1) is 22.7. The van der Waals surface area contributed by atoms with Crippen LogP contribution in [0, 0.1) is 6.92 Å². The first-order valence-electron chi connectivity index (χ1n) is 10.2. The van der Waals surface area contributed by atoms with Crippen molar-refractivity contribution >= 4 is 0 Å². The number of hydrogen-bond donors (Lipinski definition) is 0. The summed E-state index contributed by atoms with van der Waals surface area (Å²) >= 11 is 0. The molecule has 0 spiro atoms. The van der Waals surface area contributed by atoms with Gasteiger partial charge < -0.3 is 0 Å². The van der Waals surface area contributed by atoms with Gasteiger partial charge in [-0.25, -0.2) is 13.3 Å². The lowest BCUT2D eigenvalue weighted by Crippen LogP contribution is -2.40. The molecule has 1 nitrogen and oxygen atoms in total. The van der Waals surface area contributed by atoms with Crippen molar-refractivity contribution in [2.45, 2.75) is 76.3 Å². The molecule has 1 aromatic carbocycles. The van der Waals surface area contributed by atoms with Crippen molar-refractivity contribution in [3.8, 4) is 11.3 Å². The van der Waals surface area contributed by atoms with Gasteiger partial charge in [-0.15, -0.1) is 0 Å². The molecular formula is C24H29F5N+. The van der Waals surface area contributed by atoms with E-state index >= 15 is 0 Å². The van der Waals surface area contributed by atoms with Crippen LogP contribution in [-0.2, 0) is 17.9 Å². The topological polar surface area (TPSA) is 3.88 Å². The number of nitrogens with zero attached hydrogens (tertiary/aromatic N) is 1. The Morgan fingerprint density at radius 1 is 0.933 bits per heavy atom. The van der Waals surface area contributed by atoms with E-state index in [9.17, 15) is 22.0 Å². The van der Waals surface area contributed by atoms with Crippen molar-refractivity contribution in [2.75, 3.05) is 0 Å². The molecule has 3 rings (SSSR count). The average Bonchev–Trinajstić information content (AvgIpc) is 2.64. The molecule has 0 unspecified atom stereocenters. The number of alkyl halides is 5. The molecule has 1 aliphatic carbocycles. The summed E-state index contributed by atoms with van der Waals surface area (Å²) < 4.78 is 69.1. The standard InChI is InChI=1S/C24H29F5N/c1-16-14-17(22(4)10-12-23(25,26)13-11-22)6-8-19(16)20-9-7-18(15-30(20)5)21(2,3)24(27,28)29/h6-9,14-15H,10-13H2,1-5H3/q+1. The number of halogens is 5. The van der Waals surface area contributed by atoms with Gasteiger partial charge in [-0.3, -0.25) is 0 Å². The van der Waals surface area contributed by atoms with Gasteiger partial charge in [-0.05, 0) is 62.3 Å². The minimum atomic E-state index is -4.34. The first-order chi connectivity index (χ1) is 13.7. The van der Waals surface area contributed by atoms with Gasteiger partial charge >= 0.3 is 6.18 Å². The predicted molar refractivity (Wildman–Crippen MR) is 108 cm³/mol.